The highest BCUT2D eigenvalue weighted by molar-refractivity contribution is 5.97. The first-order chi connectivity index (χ1) is 7.29. The molecule has 2 atom stereocenters. The molecule has 0 N–H and O–H groups in total. The van der Waals surface area contributed by atoms with E-state index in [9.17, 15) is 4.79 Å². The van der Waals surface area contributed by atoms with Gasteiger partial charge in [-0.3, -0.25) is 4.79 Å². The summed E-state index contributed by atoms with van der Waals surface area (Å²) >= 11 is 0. The van der Waals surface area contributed by atoms with Gasteiger partial charge in [0.2, 0.25) is 0 Å². The standard InChI is InChI=1S/C15H24O/c1-10-11(2)15(5)8-6-7-14(3,4)13(15)9-12(10)16/h13H,6-9H2,1-5H3. The molecular formula is C15H24O. The van der Waals surface area contributed by atoms with E-state index in [4.69, 9.17) is 0 Å². The fourth-order valence-electron chi connectivity index (χ4n) is 4.05. The quantitative estimate of drug-likeness (QED) is 0.600. The van der Waals surface area contributed by atoms with Crippen molar-refractivity contribution in [2.45, 2.75) is 60.3 Å². The summed E-state index contributed by atoms with van der Waals surface area (Å²) in [5, 5.41) is 0. The van der Waals surface area contributed by atoms with E-state index in [2.05, 4.69) is 27.7 Å². The van der Waals surface area contributed by atoms with Crippen molar-refractivity contribution in [3.8, 4) is 0 Å². The predicted octanol–water partition coefficient (Wildman–Crippen LogP) is 4.13. The molecule has 1 nitrogen and oxygen atoms in total. The van der Waals surface area contributed by atoms with E-state index in [1.165, 1.54) is 24.8 Å². The van der Waals surface area contributed by atoms with Crippen molar-refractivity contribution in [3.63, 3.8) is 0 Å². The monoisotopic (exact) mass is 220 g/mol. The van der Waals surface area contributed by atoms with Crippen LogP contribution in [0.3, 0.4) is 0 Å². The van der Waals surface area contributed by atoms with Crippen LogP contribution < -0.4 is 0 Å². The summed E-state index contributed by atoms with van der Waals surface area (Å²) in [4.78, 5) is 12.0. The van der Waals surface area contributed by atoms with E-state index in [0.717, 1.165) is 12.0 Å². The lowest BCUT2D eigenvalue weighted by Crippen LogP contribution is -2.46. The largest absolute Gasteiger partial charge is 0.295 e. The summed E-state index contributed by atoms with van der Waals surface area (Å²) in [6, 6.07) is 0. The minimum atomic E-state index is 0.278. The normalized spacial score (nSPS) is 38.6. The van der Waals surface area contributed by atoms with Gasteiger partial charge in [0, 0.05) is 6.42 Å². The third kappa shape index (κ3) is 1.48. The molecule has 2 aliphatic carbocycles. The third-order valence-electron chi connectivity index (χ3n) is 5.46. The van der Waals surface area contributed by atoms with Crippen molar-refractivity contribution in [1.29, 1.82) is 0 Å². The summed E-state index contributed by atoms with van der Waals surface area (Å²) in [5.74, 6) is 0.930. The highest BCUT2D eigenvalue weighted by atomic mass is 16.1. The molecule has 1 saturated carbocycles. The first-order valence-corrected chi connectivity index (χ1v) is 6.50. The Balaban J connectivity index is 2.51. The van der Waals surface area contributed by atoms with Gasteiger partial charge in [0.15, 0.2) is 5.78 Å². The molecule has 0 aromatic rings. The molecule has 16 heavy (non-hydrogen) atoms. The number of carbonyl (C=O) groups is 1. The maximum absolute atomic E-state index is 12.0. The van der Waals surface area contributed by atoms with Crippen LogP contribution in [0, 0.1) is 16.7 Å². The maximum atomic E-state index is 12.0. The molecule has 0 spiro atoms. The molecule has 2 unspecified atom stereocenters. The average molecular weight is 220 g/mol. The van der Waals surface area contributed by atoms with Crippen molar-refractivity contribution in [3.05, 3.63) is 11.1 Å². The number of rotatable bonds is 0. The van der Waals surface area contributed by atoms with Gasteiger partial charge in [-0.05, 0) is 49.0 Å². The Morgan fingerprint density at radius 2 is 1.75 bits per heavy atom. The maximum Gasteiger partial charge on any atom is 0.158 e. The van der Waals surface area contributed by atoms with Gasteiger partial charge in [-0.2, -0.15) is 0 Å². The van der Waals surface area contributed by atoms with Gasteiger partial charge in [0.05, 0.1) is 0 Å². The highest BCUT2D eigenvalue weighted by Gasteiger charge is 2.50. The molecule has 2 rings (SSSR count). The fraction of sp³-hybridized carbons (Fsp3) is 0.800. The van der Waals surface area contributed by atoms with Crippen LogP contribution in [-0.2, 0) is 4.79 Å². The molecule has 0 aliphatic heterocycles. The topological polar surface area (TPSA) is 17.1 Å². The Morgan fingerprint density at radius 1 is 1.12 bits per heavy atom. The SMILES string of the molecule is CC1=C(C)C2(C)CCCC(C)(C)C2CC1=O. The Morgan fingerprint density at radius 3 is 2.38 bits per heavy atom. The van der Waals surface area contributed by atoms with Crippen molar-refractivity contribution in [1.82, 2.24) is 0 Å². The molecule has 0 radical (unpaired) electrons. The van der Waals surface area contributed by atoms with Crippen LogP contribution in [0.15, 0.2) is 11.1 Å². The Kier molecular flexibility index (Phi) is 2.56. The number of carbonyl (C=O) groups excluding carboxylic acids is 1. The van der Waals surface area contributed by atoms with Crippen LogP contribution in [0.4, 0.5) is 0 Å². The van der Waals surface area contributed by atoms with Gasteiger partial charge in [0.25, 0.3) is 0 Å². The molecule has 1 heteroatoms. The average Bonchev–Trinajstić information content (AvgIpc) is 2.19. The molecular weight excluding hydrogens is 196 g/mol. The van der Waals surface area contributed by atoms with Crippen molar-refractivity contribution < 1.29 is 4.79 Å². The van der Waals surface area contributed by atoms with E-state index in [1.54, 1.807) is 0 Å². The van der Waals surface area contributed by atoms with Gasteiger partial charge in [-0.1, -0.05) is 32.8 Å². The first kappa shape index (κ1) is 11.9. The molecule has 90 valence electrons. The zero-order valence-electron chi connectivity index (χ0n) is 11.3. The number of ketones is 1. The number of hydrogen-bond acceptors (Lipinski definition) is 1. The number of hydrogen-bond donors (Lipinski definition) is 0. The van der Waals surface area contributed by atoms with Crippen LogP contribution in [0.5, 0.6) is 0 Å². The van der Waals surface area contributed by atoms with Gasteiger partial charge in [-0.25, -0.2) is 0 Å². The van der Waals surface area contributed by atoms with Crippen molar-refractivity contribution >= 4 is 5.78 Å². The van der Waals surface area contributed by atoms with Crippen LogP contribution in [-0.4, -0.2) is 5.78 Å². The predicted molar refractivity (Wildman–Crippen MR) is 67.2 cm³/mol. The molecule has 0 heterocycles. The second-order valence-corrected chi connectivity index (χ2v) is 6.69. The Labute approximate surface area is 99.3 Å². The minimum Gasteiger partial charge on any atom is -0.295 e. The molecule has 0 aromatic carbocycles. The lowest BCUT2D eigenvalue weighted by atomic mass is 9.50. The lowest BCUT2D eigenvalue weighted by Gasteiger charge is -2.54. The molecule has 2 aliphatic rings. The molecule has 0 aromatic heterocycles. The highest BCUT2D eigenvalue weighted by Crippen LogP contribution is 2.58. The van der Waals surface area contributed by atoms with Gasteiger partial charge in [-0.15, -0.1) is 0 Å². The van der Waals surface area contributed by atoms with Crippen molar-refractivity contribution in [2.75, 3.05) is 0 Å². The smallest absolute Gasteiger partial charge is 0.158 e. The summed E-state index contributed by atoms with van der Waals surface area (Å²) in [6.07, 6.45) is 4.61. The summed E-state index contributed by atoms with van der Waals surface area (Å²) in [6.45, 7) is 11.3. The van der Waals surface area contributed by atoms with Gasteiger partial charge >= 0.3 is 0 Å². The number of fused-ring (bicyclic) bond motifs is 1. The third-order valence-corrected chi connectivity index (χ3v) is 5.46. The van der Waals surface area contributed by atoms with E-state index in [0.29, 0.717) is 17.1 Å². The summed E-state index contributed by atoms with van der Waals surface area (Å²) < 4.78 is 0. The summed E-state index contributed by atoms with van der Waals surface area (Å²) in [7, 11) is 0. The molecule has 1 fully saturated rings. The summed E-state index contributed by atoms with van der Waals surface area (Å²) in [5.41, 5.74) is 3.00. The van der Waals surface area contributed by atoms with E-state index < -0.39 is 0 Å². The second-order valence-electron chi connectivity index (χ2n) is 6.69. The molecule has 0 bridgehead atoms. The van der Waals surface area contributed by atoms with Crippen LogP contribution in [0.2, 0.25) is 0 Å². The number of Topliss-reactive ketones (excluding diaryl/α,β-unsaturated/α-hetero) is 1. The lowest BCUT2D eigenvalue weighted by molar-refractivity contribution is -0.121. The van der Waals surface area contributed by atoms with E-state index in [1.807, 2.05) is 6.92 Å². The number of allylic oxidation sites excluding steroid dienone is 2. The second kappa shape index (κ2) is 3.45. The molecule has 0 amide bonds. The van der Waals surface area contributed by atoms with E-state index in [-0.39, 0.29) is 5.41 Å². The van der Waals surface area contributed by atoms with Gasteiger partial charge < -0.3 is 0 Å². The first-order valence-electron chi connectivity index (χ1n) is 6.50. The Bertz CT molecular complexity index is 362. The van der Waals surface area contributed by atoms with Crippen LogP contribution in [0.25, 0.3) is 0 Å². The van der Waals surface area contributed by atoms with E-state index >= 15 is 0 Å². The van der Waals surface area contributed by atoms with Crippen LogP contribution >= 0.6 is 0 Å². The molecule has 0 saturated heterocycles. The fourth-order valence-corrected chi connectivity index (χ4v) is 4.05. The van der Waals surface area contributed by atoms with Crippen molar-refractivity contribution in [2.24, 2.45) is 16.7 Å². The van der Waals surface area contributed by atoms with Crippen LogP contribution in [0.1, 0.15) is 60.3 Å². The zero-order valence-corrected chi connectivity index (χ0v) is 11.3. The Hall–Kier alpha value is -0.590. The zero-order chi connectivity index (χ0) is 12.1. The minimum absolute atomic E-state index is 0.278. The van der Waals surface area contributed by atoms with Gasteiger partial charge in [0.1, 0.15) is 0 Å².